The van der Waals surface area contributed by atoms with Crippen LogP contribution < -0.4 is 10.2 Å². The van der Waals surface area contributed by atoms with Gasteiger partial charge < -0.3 is 14.8 Å². The second-order valence-corrected chi connectivity index (χ2v) is 7.08. The quantitative estimate of drug-likeness (QED) is 0.468. The van der Waals surface area contributed by atoms with Crippen LogP contribution in [0.2, 0.25) is 5.02 Å². The molecule has 2 aromatic carbocycles. The average Bonchev–Trinajstić information content (AvgIpc) is 3.27. The van der Waals surface area contributed by atoms with Crippen LogP contribution in [0.5, 0.6) is 0 Å². The predicted octanol–water partition coefficient (Wildman–Crippen LogP) is 4.70. The van der Waals surface area contributed by atoms with Gasteiger partial charge in [0.2, 0.25) is 0 Å². The van der Waals surface area contributed by atoms with E-state index in [0.717, 1.165) is 16.0 Å². The van der Waals surface area contributed by atoms with Crippen molar-refractivity contribution in [1.82, 2.24) is 5.32 Å². The molecule has 0 spiro atoms. The lowest BCUT2D eigenvalue weighted by atomic mass is 10.0. The number of carboxylic acids is 1. The highest BCUT2D eigenvalue weighted by Gasteiger charge is 2.35. The van der Waals surface area contributed by atoms with Gasteiger partial charge in [-0.05, 0) is 61.0 Å². The third-order valence-corrected chi connectivity index (χ3v) is 4.87. The SMILES string of the molecule is Cc1cc(C(=O)O)ccc1-c1ccc(/C=C2/NC(=O)N(c3ccc(Cl)cc3)C2=O)o1. The van der Waals surface area contributed by atoms with E-state index in [9.17, 15) is 14.4 Å². The number of amides is 3. The number of furan rings is 1. The Hall–Kier alpha value is -3.84. The Balaban J connectivity index is 1.60. The fourth-order valence-corrected chi connectivity index (χ4v) is 3.28. The number of halogens is 1. The summed E-state index contributed by atoms with van der Waals surface area (Å²) in [4.78, 5) is 37.1. The van der Waals surface area contributed by atoms with Gasteiger partial charge in [0.1, 0.15) is 17.2 Å². The standard InChI is InChI=1S/C22H15ClN2O5/c1-12-10-13(21(27)28)2-8-17(12)19-9-7-16(30-19)11-18-20(26)25(22(29)24-18)15-5-3-14(23)4-6-15/h2-11H,1H3,(H,24,29)(H,27,28)/b18-11+. The number of carbonyl (C=O) groups is 3. The van der Waals surface area contributed by atoms with Crippen LogP contribution in [-0.2, 0) is 4.79 Å². The van der Waals surface area contributed by atoms with Crippen molar-refractivity contribution in [2.45, 2.75) is 6.92 Å². The largest absolute Gasteiger partial charge is 0.478 e. The fourth-order valence-electron chi connectivity index (χ4n) is 3.15. The number of hydrogen-bond acceptors (Lipinski definition) is 4. The lowest BCUT2D eigenvalue weighted by Gasteiger charge is -2.11. The fraction of sp³-hybridized carbons (Fsp3) is 0.0455. The molecule has 4 rings (SSSR count). The van der Waals surface area contributed by atoms with E-state index in [2.05, 4.69) is 5.32 Å². The van der Waals surface area contributed by atoms with Crippen LogP contribution in [0.25, 0.3) is 17.4 Å². The molecule has 0 unspecified atom stereocenters. The van der Waals surface area contributed by atoms with Crippen molar-refractivity contribution in [2.24, 2.45) is 0 Å². The van der Waals surface area contributed by atoms with Crippen LogP contribution in [0.1, 0.15) is 21.7 Å². The molecular formula is C22H15ClN2O5. The Morgan fingerprint density at radius 2 is 1.83 bits per heavy atom. The van der Waals surface area contributed by atoms with Gasteiger partial charge >= 0.3 is 12.0 Å². The summed E-state index contributed by atoms with van der Waals surface area (Å²) in [6.07, 6.45) is 1.45. The van der Waals surface area contributed by atoms with Crippen molar-refractivity contribution in [3.05, 3.63) is 82.2 Å². The topological polar surface area (TPSA) is 99.9 Å². The predicted molar refractivity (Wildman–Crippen MR) is 111 cm³/mol. The van der Waals surface area contributed by atoms with Crippen molar-refractivity contribution in [1.29, 1.82) is 0 Å². The van der Waals surface area contributed by atoms with Crippen LogP contribution in [0.15, 0.2) is 64.7 Å². The summed E-state index contributed by atoms with van der Waals surface area (Å²) < 4.78 is 5.79. The van der Waals surface area contributed by atoms with Gasteiger partial charge in [0.25, 0.3) is 5.91 Å². The maximum atomic E-state index is 12.7. The number of aromatic carboxylic acids is 1. The van der Waals surface area contributed by atoms with Crippen molar-refractivity contribution >= 4 is 41.3 Å². The van der Waals surface area contributed by atoms with Gasteiger partial charge in [-0.25, -0.2) is 14.5 Å². The Morgan fingerprint density at radius 3 is 2.50 bits per heavy atom. The number of nitrogens with one attached hydrogen (secondary N) is 1. The molecule has 2 heterocycles. The summed E-state index contributed by atoms with van der Waals surface area (Å²) >= 11 is 5.86. The first-order valence-electron chi connectivity index (χ1n) is 8.90. The normalized spacial score (nSPS) is 15.0. The maximum absolute atomic E-state index is 12.7. The highest BCUT2D eigenvalue weighted by Crippen LogP contribution is 2.28. The number of rotatable bonds is 4. The van der Waals surface area contributed by atoms with Crippen LogP contribution in [-0.4, -0.2) is 23.0 Å². The first-order valence-corrected chi connectivity index (χ1v) is 9.28. The summed E-state index contributed by atoms with van der Waals surface area (Å²) in [5, 5.41) is 12.1. The van der Waals surface area contributed by atoms with E-state index >= 15 is 0 Å². The molecule has 0 radical (unpaired) electrons. The van der Waals surface area contributed by atoms with E-state index in [1.54, 1.807) is 55.5 Å². The Kier molecular flexibility index (Phi) is 4.89. The number of nitrogens with zero attached hydrogens (tertiary/aromatic N) is 1. The molecule has 3 aromatic rings. The van der Waals surface area contributed by atoms with Gasteiger partial charge in [-0.15, -0.1) is 0 Å². The molecule has 1 aliphatic rings. The molecule has 2 N–H and O–H groups in total. The number of anilines is 1. The lowest BCUT2D eigenvalue weighted by Crippen LogP contribution is -2.30. The van der Waals surface area contributed by atoms with Crippen molar-refractivity contribution in [2.75, 3.05) is 4.90 Å². The Bertz CT molecular complexity index is 1210. The first kappa shape index (κ1) is 19.5. The summed E-state index contributed by atoms with van der Waals surface area (Å²) in [6, 6.07) is 13.9. The zero-order valence-electron chi connectivity index (χ0n) is 15.7. The molecule has 0 atom stereocenters. The van der Waals surface area contributed by atoms with Crippen molar-refractivity contribution in [3.8, 4) is 11.3 Å². The summed E-state index contributed by atoms with van der Waals surface area (Å²) in [6.45, 7) is 1.78. The number of carbonyl (C=O) groups excluding carboxylic acids is 2. The lowest BCUT2D eigenvalue weighted by molar-refractivity contribution is -0.113. The molecule has 0 saturated carbocycles. The minimum atomic E-state index is -1.00. The van der Waals surface area contributed by atoms with E-state index in [1.165, 1.54) is 12.1 Å². The van der Waals surface area contributed by atoms with E-state index in [4.69, 9.17) is 21.1 Å². The summed E-state index contributed by atoms with van der Waals surface area (Å²) in [5.41, 5.74) is 2.14. The molecule has 1 saturated heterocycles. The zero-order chi connectivity index (χ0) is 21.4. The monoisotopic (exact) mass is 422 g/mol. The molecule has 0 aliphatic carbocycles. The van der Waals surface area contributed by atoms with Gasteiger partial charge in [0.15, 0.2) is 0 Å². The van der Waals surface area contributed by atoms with Gasteiger partial charge in [-0.3, -0.25) is 4.79 Å². The summed E-state index contributed by atoms with van der Waals surface area (Å²) in [7, 11) is 0. The highest BCUT2D eigenvalue weighted by atomic mass is 35.5. The van der Waals surface area contributed by atoms with E-state index < -0.39 is 17.9 Å². The third-order valence-electron chi connectivity index (χ3n) is 4.62. The molecular weight excluding hydrogens is 408 g/mol. The molecule has 1 aliphatic heterocycles. The van der Waals surface area contributed by atoms with Gasteiger partial charge in [0.05, 0.1) is 11.3 Å². The van der Waals surface area contributed by atoms with E-state index in [0.29, 0.717) is 22.2 Å². The van der Waals surface area contributed by atoms with Gasteiger partial charge in [-0.2, -0.15) is 0 Å². The molecule has 1 aromatic heterocycles. The van der Waals surface area contributed by atoms with Gasteiger partial charge in [-0.1, -0.05) is 17.7 Å². The second-order valence-electron chi connectivity index (χ2n) is 6.64. The number of aryl methyl sites for hydroxylation is 1. The molecule has 30 heavy (non-hydrogen) atoms. The number of carboxylic acid groups (broad SMARTS) is 1. The third kappa shape index (κ3) is 3.58. The molecule has 1 fully saturated rings. The second kappa shape index (κ2) is 7.53. The smallest absolute Gasteiger partial charge is 0.335 e. The Labute approximate surface area is 176 Å². The zero-order valence-corrected chi connectivity index (χ0v) is 16.4. The number of benzene rings is 2. The van der Waals surface area contributed by atoms with Crippen molar-refractivity contribution < 1.29 is 23.9 Å². The van der Waals surface area contributed by atoms with Crippen molar-refractivity contribution in [3.63, 3.8) is 0 Å². The highest BCUT2D eigenvalue weighted by molar-refractivity contribution is 6.31. The number of imide groups is 1. The molecule has 150 valence electrons. The minimum absolute atomic E-state index is 0.0776. The molecule has 3 amide bonds. The number of urea groups is 1. The van der Waals surface area contributed by atoms with E-state index in [1.807, 2.05) is 0 Å². The summed E-state index contributed by atoms with van der Waals surface area (Å²) in [5.74, 6) is -0.631. The van der Waals surface area contributed by atoms with Gasteiger partial charge in [0, 0.05) is 16.7 Å². The van der Waals surface area contributed by atoms with Crippen LogP contribution in [0.4, 0.5) is 10.5 Å². The average molecular weight is 423 g/mol. The van der Waals surface area contributed by atoms with Crippen LogP contribution >= 0.6 is 11.6 Å². The first-order chi connectivity index (χ1) is 14.3. The molecule has 8 heteroatoms. The van der Waals surface area contributed by atoms with Crippen LogP contribution in [0, 0.1) is 6.92 Å². The number of hydrogen-bond donors (Lipinski definition) is 2. The van der Waals surface area contributed by atoms with E-state index in [-0.39, 0.29) is 11.3 Å². The minimum Gasteiger partial charge on any atom is -0.478 e. The molecule has 0 bridgehead atoms. The Morgan fingerprint density at radius 1 is 1.10 bits per heavy atom. The maximum Gasteiger partial charge on any atom is 0.335 e. The van der Waals surface area contributed by atoms with Crippen LogP contribution in [0.3, 0.4) is 0 Å². The molecule has 7 nitrogen and oxygen atoms in total.